The van der Waals surface area contributed by atoms with Gasteiger partial charge in [-0.1, -0.05) is 29.8 Å². The van der Waals surface area contributed by atoms with Gasteiger partial charge in [0, 0.05) is 18.1 Å². The SMILES string of the molecule is CN=C(N)NC(=O)/C=C/c1ccccc1Cl. The molecule has 0 aliphatic rings. The van der Waals surface area contributed by atoms with Crippen LogP contribution in [0.25, 0.3) is 6.08 Å². The highest BCUT2D eigenvalue weighted by atomic mass is 35.5. The summed E-state index contributed by atoms with van der Waals surface area (Å²) in [5.74, 6) is -0.267. The first-order chi connectivity index (χ1) is 7.63. The molecule has 1 aromatic rings. The van der Waals surface area contributed by atoms with Gasteiger partial charge in [0.15, 0.2) is 5.96 Å². The highest BCUT2D eigenvalue weighted by Crippen LogP contribution is 2.15. The standard InChI is InChI=1S/C11H12ClN3O/c1-14-11(13)15-10(16)7-6-8-4-2-3-5-9(8)12/h2-7H,1H3,(H3,13,14,15,16)/b7-6+. The summed E-state index contributed by atoms with van der Waals surface area (Å²) in [5.41, 5.74) is 6.10. The third-order valence-electron chi connectivity index (χ3n) is 1.81. The van der Waals surface area contributed by atoms with Gasteiger partial charge < -0.3 is 5.73 Å². The zero-order valence-electron chi connectivity index (χ0n) is 8.77. The predicted molar refractivity (Wildman–Crippen MR) is 66.2 cm³/mol. The number of guanidine groups is 1. The molecule has 0 bridgehead atoms. The van der Waals surface area contributed by atoms with Gasteiger partial charge in [0.1, 0.15) is 0 Å². The molecule has 84 valence electrons. The van der Waals surface area contributed by atoms with Crippen LogP contribution < -0.4 is 11.1 Å². The van der Waals surface area contributed by atoms with E-state index < -0.39 is 0 Å². The maximum atomic E-state index is 11.3. The molecular formula is C11H12ClN3O. The molecule has 0 heterocycles. The Labute approximate surface area is 98.8 Å². The predicted octanol–water partition coefficient (Wildman–Crippen LogP) is 1.41. The van der Waals surface area contributed by atoms with Gasteiger partial charge in [0.05, 0.1) is 0 Å². The third-order valence-corrected chi connectivity index (χ3v) is 2.16. The number of nitrogens with one attached hydrogen (secondary N) is 1. The van der Waals surface area contributed by atoms with Gasteiger partial charge in [-0.3, -0.25) is 15.1 Å². The minimum Gasteiger partial charge on any atom is -0.370 e. The minimum absolute atomic E-state index is 0.0776. The summed E-state index contributed by atoms with van der Waals surface area (Å²) in [6.07, 6.45) is 2.96. The van der Waals surface area contributed by atoms with E-state index in [9.17, 15) is 4.79 Å². The van der Waals surface area contributed by atoms with E-state index in [1.54, 1.807) is 12.1 Å². The second-order valence-corrected chi connectivity index (χ2v) is 3.36. The first kappa shape index (κ1) is 12.3. The van der Waals surface area contributed by atoms with Crippen LogP contribution >= 0.6 is 11.6 Å². The van der Waals surface area contributed by atoms with Crippen molar-refractivity contribution in [2.75, 3.05) is 7.05 Å². The van der Waals surface area contributed by atoms with Crippen molar-refractivity contribution in [1.82, 2.24) is 5.32 Å². The van der Waals surface area contributed by atoms with E-state index in [2.05, 4.69) is 10.3 Å². The van der Waals surface area contributed by atoms with Crippen LogP contribution in [0.1, 0.15) is 5.56 Å². The molecule has 1 rings (SSSR count). The highest BCUT2D eigenvalue weighted by Gasteiger charge is 1.98. The number of amides is 1. The van der Waals surface area contributed by atoms with E-state index in [-0.39, 0.29) is 11.9 Å². The van der Waals surface area contributed by atoms with E-state index in [4.69, 9.17) is 17.3 Å². The second kappa shape index (κ2) is 5.92. The largest absolute Gasteiger partial charge is 0.370 e. The molecule has 0 saturated carbocycles. The van der Waals surface area contributed by atoms with Crippen molar-refractivity contribution in [1.29, 1.82) is 0 Å². The van der Waals surface area contributed by atoms with Crippen molar-refractivity contribution in [2.24, 2.45) is 10.7 Å². The molecule has 0 atom stereocenters. The van der Waals surface area contributed by atoms with Gasteiger partial charge in [-0.2, -0.15) is 0 Å². The Kier molecular flexibility index (Phi) is 4.54. The van der Waals surface area contributed by atoms with Gasteiger partial charge in [-0.15, -0.1) is 0 Å². The third kappa shape index (κ3) is 3.74. The number of carbonyl (C=O) groups excluding carboxylic acids is 1. The molecule has 16 heavy (non-hydrogen) atoms. The lowest BCUT2D eigenvalue weighted by molar-refractivity contribution is -0.115. The van der Waals surface area contributed by atoms with Crippen molar-refractivity contribution >= 4 is 29.5 Å². The Morgan fingerprint density at radius 2 is 2.19 bits per heavy atom. The smallest absolute Gasteiger partial charge is 0.250 e. The maximum absolute atomic E-state index is 11.3. The van der Waals surface area contributed by atoms with E-state index in [1.807, 2.05) is 18.2 Å². The lowest BCUT2D eigenvalue weighted by Gasteiger charge is -1.99. The lowest BCUT2D eigenvalue weighted by Crippen LogP contribution is -2.35. The van der Waals surface area contributed by atoms with E-state index >= 15 is 0 Å². The Hall–Kier alpha value is -1.81. The molecule has 0 aliphatic carbocycles. The molecule has 1 aromatic carbocycles. The Bertz CT molecular complexity index is 441. The number of aliphatic imine (C=N–C) groups is 1. The van der Waals surface area contributed by atoms with Crippen LogP contribution in [-0.4, -0.2) is 18.9 Å². The Balaban J connectivity index is 2.68. The van der Waals surface area contributed by atoms with Gasteiger partial charge in [0.2, 0.25) is 0 Å². The average molecular weight is 238 g/mol. The van der Waals surface area contributed by atoms with Gasteiger partial charge in [0.25, 0.3) is 5.91 Å². The van der Waals surface area contributed by atoms with Gasteiger partial charge in [-0.05, 0) is 17.7 Å². The summed E-state index contributed by atoms with van der Waals surface area (Å²) in [4.78, 5) is 14.9. The van der Waals surface area contributed by atoms with Crippen molar-refractivity contribution in [3.8, 4) is 0 Å². The zero-order chi connectivity index (χ0) is 12.0. The normalized spacial score (nSPS) is 11.8. The molecule has 0 radical (unpaired) electrons. The molecule has 0 saturated heterocycles. The fraction of sp³-hybridized carbons (Fsp3) is 0.0909. The van der Waals surface area contributed by atoms with Gasteiger partial charge >= 0.3 is 0 Å². The lowest BCUT2D eigenvalue weighted by atomic mass is 10.2. The molecule has 0 aromatic heterocycles. The highest BCUT2D eigenvalue weighted by molar-refractivity contribution is 6.32. The van der Waals surface area contributed by atoms with Crippen LogP contribution in [0.5, 0.6) is 0 Å². The van der Waals surface area contributed by atoms with Crippen LogP contribution in [0.3, 0.4) is 0 Å². The van der Waals surface area contributed by atoms with Crippen molar-refractivity contribution in [3.63, 3.8) is 0 Å². The zero-order valence-corrected chi connectivity index (χ0v) is 9.53. The number of nitrogens with zero attached hydrogens (tertiary/aromatic N) is 1. The molecule has 0 unspecified atom stereocenters. The molecule has 4 nitrogen and oxygen atoms in total. The van der Waals surface area contributed by atoms with E-state index in [0.717, 1.165) is 5.56 Å². The molecule has 0 spiro atoms. The molecule has 3 N–H and O–H groups in total. The number of hydrogen-bond donors (Lipinski definition) is 2. The topological polar surface area (TPSA) is 67.5 Å². The molecule has 0 aliphatic heterocycles. The first-order valence-electron chi connectivity index (χ1n) is 4.59. The summed E-state index contributed by atoms with van der Waals surface area (Å²) in [5, 5.41) is 2.96. The van der Waals surface area contributed by atoms with Crippen LogP contribution in [0.15, 0.2) is 35.3 Å². The summed E-state index contributed by atoms with van der Waals surface area (Å²) < 4.78 is 0. The minimum atomic E-state index is -0.344. The number of carbonyl (C=O) groups is 1. The summed E-state index contributed by atoms with van der Waals surface area (Å²) >= 11 is 5.91. The monoisotopic (exact) mass is 237 g/mol. The summed E-state index contributed by atoms with van der Waals surface area (Å²) in [6.45, 7) is 0. The second-order valence-electron chi connectivity index (χ2n) is 2.95. The number of benzene rings is 1. The van der Waals surface area contributed by atoms with Crippen molar-refractivity contribution in [3.05, 3.63) is 40.9 Å². The quantitative estimate of drug-likeness (QED) is 0.464. The fourth-order valence-corrected chi connectivity index (χ4v) is 1.20. The molecule has 5 heteroatoms. The Morgan fingerprint density at radius 1 is 1.50 bits per heavy atom. The van der Waals surface area contributed by atoms with Crippen LogP contribution in [0.2, 0.25) is 5.02 Å². The Morgan fingerprint density at radius 3 is 2.81 bits per heavy atom. The fourth-order valence-electron chi connectivity index (χ4n) is 1.000. The van der Waals surface area contributed by atoms with E-state index in [0.29, 0.717) is 5.02 Å². The van der Waals surface area contributed by atoms with Gasteiger partial charge in [-0.25, -0.2) is 0 Å². The summed E-state index contributed by atoms with van der Waals surface area (Å²) in [6, 6.07) is 7.22. The first-order valence-corrected chi connectivity index (χ1v) is 4.97. The number of rotatable bonds is 2. The number of nitrogens with two attached hydrogens (primary N) is 1. The molecule has 1 amide bonds. The van der Waals surface area contributed by atoms with E-state index in [1.165, 1.54) is 13.1 Å². The maximum Gasteiger partial charge on any atom is 0.250 e. The average Bonchev–Trinajstić information content (AvgIpc) is 2.28. The summed E-state index contributed by atoms with van der Waals surface area (Å²) in [7, 11) is 1.49. The molecule has 0 fully saturated rings. The van der Waals surface area contributed by atoms with Crippen molar-refractivity contribution in [2.45, 2.75) is 0 Å². The van der Waals surface area contributed by atoms with Crippen LogP contribution in [0, 0.1) is 0 Å². The van der Waals surface area contributed by atoms with Crippen LogP contribution in [-0.2, 0) is 4.79 Å². The van der Waals surface area contributed by atoms with Crippen molar-refractivity contribution < 1.29 is 4.79 Å². The van der Waals surface area contributed by atoms with Crippen LogP contribution in [0.4, 0.5) is 0 Å². The number of halogens is 1. The molecular weight excluding hydrogens is 226 g/mol. The number of hydrogen-bond acceptors (Lipinski definition) is 2.